The van der Waals surface area contributed by atoms with Gasteiger partial charge in [0.15, 0.2) is 0 Å². The molecule has 4 rings (SSSR count). The molecule has 2 aromatic carbocycles. The van der Waals surface area contributed by atoms with Gasteiger partial charge in [-0.3, -0.25) is 0 Å². The second-order valence-corrected chi connectivity index (χ2v) is 11.4. The van der Waals surface area contributed by atoms with E-state index in [2.05, 4.69) is 54.8 Å². The number of nitrogens with one attached hydrogen (secondary N) is 1. The van der Waals surface area contributed by atoms with Crippen LogP contribution in [0, 0.1) is 23.6 Å². The molecule has 1 aliphatic heterocycles. The quantitative estimate of drug-likeness (QED) is 0.225. The number of ether oxygens (including phenoxy) is 2. The number of halogens is 2. The highest BCUT2D eigenvalue weighted by Crippen LogP contribution is 2.33. The first-order chi connectivity index (χ1) is 19.8. The first-order valence-corrected chi connectivity index (χ1v) is 15.4. The highest BCUT2D eigenvalue weighted by atomic mass is 35.5. The summed E-state index contributed by atoms with van der Waals surface area (Å²) in [6.45, 7) is 16.1. The van der Waals surface area contributed by atoms with E-state index in [4.69, 9.17) is 21.1 Å². The molecule has 41 heavy (non-hydrogen) atoms. The van der Waals surface area contributed by atoms with Crippen LogP contribution >= 0.6 is 11.6 Å². The topological polar surface area (TPSA) is 59.5 Å². The van der Waals surface area contributed by atoms with Crippen molar-refractivity contribution in [2.75, 3.05) is 45.8 Å². The van der Waals surface area contributed by atoms with E-state index in [1.165, 1.54) is 70.2 Å². The molecule has 0 saturated carbocycles. The summed E-state index contributed by atoms with van der Waals surface area (Å²) in [6, 6.07) is 9.92. The molecule has 1 N–H and O–H groups in total. The maximum absolute atomic E-state index is 13.2. The van der Waals surface area contributed by atoms with Crippen molar-refractivity contribution in [2.45, 2.75) is 66.7 Å². The van der Waals surface area contributed by atoms with E-state index < -0.39 is 5.82 Å². The van der Waals surface area contributed by atoms with Crippen LogP contribution < -0.4 is 10.1 Å². The number of hydrogen-bond donors (Lipinski definition) is 1. The Morgan fingerprint density at radius 3 is 2.44 bits per heavy atom. The maximum Gasteiger partial charge on any atom is 0.141 e. The molecule has 0 aliphatic carbocycles. The van der Waals surface area contributed by atoms with E-state index in [0.717, 1.165) is 41.0 Å². The van der Waals surface area contributed by atoms with Gasteiger partial charge in [0, 0.05) is 50.5 Å². The molecule has 6 nitrogen and oxygen atoms in total. The minimum atomic E-state index is -0.459. The molecule has 2 atom stereocenters. The molecule has 1 aliphatic rings. The lowest BCUT2D eigenvalue weighted by atomic mass is 9.83. The number of aromatic nitrogens is 2. The van der Waals surface area contributed by atoms with Crippen molar-refractivity contribution in [3.63, 3.8) is 0 Å². The molecule has 0 bridgehead atoms. The summed E-state index contributed by atoms with van der Waals surface area (Å²) in [4.78, 5) is 11.1. The maximum atomic E-state index is 13.2. The third kappa shape index (κ3) is 11.4. The Morgan fingerprint density at radius 1 is 1.05 bits per heavy atom. The van der Waals surface area contributed by atoms with Crippen LogP contribution in [0.1, 0.15) is 66.7 Å². The molecule has 8 heteroatoms. The Kier molecular flexibility index (Phi) is 16.0. The Hall–Kier alpha value is -2.48. The highest BCUT2D eigenvalue weighted by Gasteiger charge is 2.33. The number of rotatable bonds is 11. The predicted octanol–water partition coefficient (Wildman–Crippen LogP) is 9.01. The van der Waals surface area contributed by atoms with Crippen LogP contribution in [0.2, 0.25) is 5.02 Å². The zero-order chi connectivity index (χ0) is 30.2. The third-order valence-electron chi connectivity index (χ3n) is 7.20. The summed E-state index contributed by atoms with van der Waals surface area (Å²) >= 11 is 5.77. The summed E-state index contributed by atoms with van der Waals surface area (Å²) in [6.07, 6.45) is 8.06. The van der Waals surface area contributed by atoms with Crippen molar-refractivity contribution in [1.82, 2.24) is 14.9 Å². The number of unbranched alkanes of at least 4 members (excludes halogenated alkanes) is 1. The predicted molar refractivity (Wildman–Crippen MR) is 171 cm³/mol. The molecule has 0 spiro atoms. The van der Waals surface area contributed by atoms with Crippen LogP contribution in [0.25, 0.3) is 10.9 Å². The van der Waals surface area contributed by atoms with E-state index in [9.17, 15) is 4.39 Å². The van der Waals surface area contributed by atoms with Gasteiger partial charge in [0.1, 0.15) is 23.7 Å². The molecule has 3 aromatic rings. The average molecular weight is 589 g/mol. The van der Waals surface area contributed by atoms with Gasteiger partial charge >= 0.3 is 0 Å². The van der Waals surface area contributed by atoms with Crippen LogP contribution in [0.4, 0.5) is 15.9 Å². The smallest absolute Gasteiger partial charge is 0.141 e. The molecule has 228 valence electrons. The third-order valence-corrected chi connectivity index (χ3v) is 7.49. The van der Waals surface area contributed by atoms with Gasteiger partial charge in [-0.25, -0.2) is 14.4 Å². The number of hydrogen-bond acceptors (Lipinski definition) is 6. The number of fused-ring (bicyclic) bond motifs is 1. The van der Waals surface area contributed by atoms with Gasteiger partial charge in [-0.15, -0.1) is 0 Å². The molecule has 1 saturated heterocycles. The van der Waals surface area contributed by atoms with E-state index in [1.54, 1.807) is 20.3 Å². The fourth-order valence-corrected chi connectivity index (χ4v) is 5.29. The first kappa shape index (κ1) is 34.7. The van der Waals surface area contributed by atoms with Gasteiger partial charge in [-0.2, -0.15) is 0 Å². The van der Waals surface area contributed by atoms with Crippen molar-refractivity contribution in [3.8, 4) is 5.75 Å². The van der Waals surface area contributed by atoms with E-state index >= 15 is 0 Å². The van der Waals surface area contributed by atoms with E-state index in [1.807, 2.05) is 18.2 Å². The van der Waals surface area contributed by atoms with Crippen molar-refractivity contribution < 1.29 is 13.9 Å². The number of methoxy groups -OCH3 is 2. The highest BCUT2D eigenvalue weighted by molar-refractivity contribution is 6.31. The van der Waals surface area contributed by atoms with Crippen molar-refractivity contribution in [2.24, 2.45) is 17.8 Å². The van der Waals surface area contributed by atoms with Gasteiger partial charge in [0.05, 0.1) is 17.6 Å². The molecule has 1 aromatic heterocycles. The first-order valence-electron chi connectivity index (χ1n) is 15.0. The fraction of sp³-hybridized carbons (Fsp3) is 0.576. The lowest BCUT2D eigenvalue weighted by Gasteiger charge is -2.21. The Bertz CT molecular complexity index is 1160. The molecule has 2 heterocycles. The zero-order valence-electron chi connectivity index (χ0n) is 26.1. The molecule has 1 fully saturated rings. The van der Waals surface area contributed by atoms with E-state index in [0.29, 0.717) is 11.5 Å². The average Bonchev–Trinajstić information content (AvgIpc) is 3.38. The summed E-state index contributed by atoms with van der Waals surface area (Å²) in [5, 5.41) is 4.00. The summed E-state index contributed by atoms with van der Waals surface area (Å²) in [5.41, 5.74) is 1.40. The minimum Gasteiger partial charge on any atom is -0.497 e. The minimum absolute atomic E-state index is 0.0556. The standard InChI is InChI=1S/C15H11ClFN3O.C15H31NO.C3H8/c1-21-10-3-4-11-14(7-10)18-8-19-15(11)20-9-2-5-13(17)12(16)6-9;1-5-6-8-14-11-16(9-7-10-17-4)12-15(14)13(2)3;1-3-2/h2-8H,1H3,(H,18,19,20);13-15H,5-12H2,1-4H3;3H2,1-2H3. The van der Waals surface area contributed by atoms with Crippen LogP contribution in [0.3, 0.4) is 0 Å². The van der Waals surface area contributed by atoms with Crippen LogP contribution in [-0.4, -0.2) is 55.3 Å². The van der Waals surface area contributed by atoms with Gasteiger partial charge < -0.3 is 19.7 Å². The van der Waals surface area contributed by atoms with Gasteiger partial charge in [0.25, 0.3) is 0 Å². The lowest BCUT2D eigenvalue weighted by Crippen LogP contribution is -2.23. The van der Waals surface area contributed by atoms with Gasteiger partial charge in [-0.1, -0.05) is 65.5 Å². The Labute approximate surface area is 252 Å². The van der Waals surface area contributed by atoms with Crippen molar-refractivity contribution in [3.05, 3.63) is 53.6 Å². The van der Waals surface area contributed by atoms with Gasteiger partial charge in [0.2, 0.25) is 0 Å². The van der Waals surface area contributed by atoms with Crippen LogP contribution in [-0.2, 0) is 4.74 Å². The van der Waals surface area contributed by atoms with E-state index in [-0.39, 0.29) is 5.02 Å². The number of benzene rings is 2. The van der Waals surface area contributed by atoms with Crippen LogP contribution in [0.15, 0.2) is 42.7 Å². The molecule has 0 amide bonds. The number of nitrogens with zero attached hydrogens (tertiary/aromatic N) is 3. The van der Waals surface area contributed by atoms with Crippen molar-refractivity contribution >= 4 is 34.0 Å². The number of likely N-dealkylation sites (tertiary alicyclic amines) is 1. The number of anilines is 2. The second kappa shape index (κ2) is 18.9. The summed E-state index contributed by atoms with van der Waals surface area (Å²) in [5.74, 6) is 3.58. The molecular formula is C33H50ClFN4O2. The largest absolute Gasteiger partial charge is 0.497 e. The summed E-state index contributed by atoms with van der Waals surface area (Å²) < 4.78 is 23.5. The SMILES string of the molecule is CCC.CCCCC1CN(CCCOC)CC1C(C)C.COc1ccc2c(Nc3ccc(F)c(Cl)c3)ncnc2c1. The normalized spacial score (nSPS) is 16.6. The summed E-state index contributed by atoms with van der Waals surface area (Å²) in [7, 11) is 3.40. The van der Waals surface area contributed by atoms with Crippen molar-refractivity contribution in [1.29, 1.82) is 0 Å². The Balaban J connectivity index is 0.000000268. The van der Waals surface area contributed by atoms with Gasteiger partial charge in [-0.05, 0) is 60.9 Å². The molecular weight excluding hydrogens is 539 g/mol. The zero-order valence-corrected chi connectivity index (χ0v) is 26.8. The fourth-order valence-electron chi connectivity index (χ4n) is 5.10. The second-order valence-electron chi connectivity index (χ2n) is 11.0. The lowest BCUT2D eigenvalue weighted by molar-refractivity contribution is 0.177. The molecule has 0 radical (unpaired) electrons. The monoisotopic (exact) mass is 588 g/mol. The van der Waals surface area contributed by atoms with Crippen LogP contribution in [0.5, 0.6) is 5.75 Å². The molecule has 2 unspecified atom stereocenters. The Morgan fingerprint density at radius 2 is 1.80 bits per heavy atom.